The molecule has 0 spiro atoms. The van der Waals surface area contributed by atoms with Crippen LogP contribution in [0.1, 0.15) is 38.2 Å². The summed E-state index contributed by atoms with van der Waals surface area (Å²) in [5.74, 6) is -0.358. The summed E-state index contributed by atoms with van der Waals surface area (Å²) < 4.78 is 27.4. The molecule has 1 saturated heterocycles. The van der Waals surface area contributed by atoms with Crippen molar-refractivity contribution in [2.45, 2.75) is 37.5 Å². The standard InChI is InChI=1S/C24H31N3O4S/c1-18(2)19-9-11-22(12-10-19)32(30,31)27-15-13-20(14-16-27)24(29)26(3)17-23(28)25-21-7-5-4-6-8-21/h4-12,18,20H,13-17H2,1-3H3,(H,25,28). The Morgan fingerprint density at radius 2 is 1.62 bits per heavy atom. The van der Waals surface area contributed by atoms with E-state index in [-0.39, 0.29) is 42.3 Å². The molecule has 1 aliphatic rings. The molecule has 172 valence electrons. The molecular weight excluding hydrogens is 426 g/mol. The molecule has 0 aromatic heterocycles. The van der Waals surface area contributed by atoms with Crippen molar-refractivity contribution in [1.82, 2.24) is 9.21 Å². The van der Waals surface area contributed by atoms with Crippen LogP contribution in [0.5, 0.6) is 0 Å². The van der Waals surface area contributed by atoms with Gasteiger partial charge in [0.05, 0.1) is 11.4 Å². The first-order valence-electron chi connectivity index (χ1n) is 10.9. The van der Waals surface area contributed by atoms with Gasteiger partial charge in [-0.15, -0.1) is 0 Å². The second kappa shape index (κ2) is 10.3. The van der Waals surface area contributed by atoms with Gasteiger partial charge in [-0.25, -0.2) is 8.42 Å². The van der Waals surface area contributed by atoms with Crippen molar-refractivity contribution in [2.75, 3.05) is 32.0 Å². The number of nitrogens with zero attached hydrogens (tertiary/aromatic N) is 2. The summed E-state index contributed by atoms with van der Waals surface area (Å²) in [4.78, 5) is 26.7. The lowest BCUT2D eigenvalue weighted by molar-refractivity contribution is -0.138. The number of hydrogen-bond donors (Lipinski definition) is 1. The van der Waals surface area contributed by atoms with Crippen molar-refractivity contribution in [1.29, 1.82) is 0 Å². The SMILES string of the molecule is CC(C)c1ccc(S(=O)(=O)N2CCC(C(=O)N(C)CC(=O)Nc3ccccc3)CC2)cc1. The summed E-state index contributed by atoms with van der Waals surface area (Å²) in [6.07, 6.45) is 0.875. The number of likely N-dealkylation sites (N-methyl/N-ethyl adjacent to an activating group) is 1. The van der Waals surface area contributed by atoms with Gasteiger partial charge in [0.2, 0.25) is 21.8 Å². The van der Waals surface area contributed by atoms with Gasteiger partial charge in [-0.05, 0) is 48.6 Å². The zero-order valence-electron chi connectivity index (χ0n) is 18.8. The molecule has 1 aliphatic heterocycles. The number of anilines is 1. The predicted octanol–water partition coefficient (Wildman–Crippen LogP) is 3.31. The average Bonchev–Trinajstić information content (AvgIpc) is 2.79. The molecule has 7 nitrogen and oxygen atoms in total. The van der Waals surface area contributed by atoms with Crippen LogP contribution in [0, 0.1) is 5.92 Å². The highest BCUT2D eigenvalue weighted by molar-refractivity contribution is 7.89. The van der Waals surface area contributed by atoms with Crippen LogP contribution in [0.15, 0.2) is 59.5 Å². The third-order valence-electron chi connectivity index (χ3n) is 5.80. The second-order valence-electron chi connectivity index (χ2n) is 8.51. The van der Waals surface area contributed by atoms with E-state index in [1.54, 1.807) is 31.3 Å². The summed E-state index contributed by atoms with van der Waals surface area (Å²) >= 11 is 0. The van der Waals surface area contributed by atoms with Crippen LogP contribution in [0.25, 0.3) is 0 Å². The molecule has 0 atom stereocenters. The van der Waals surface area contributed by atoms with E-state index in [2.05, 4.69) is 19.2 Å². The Balaban J connectivity index is 1.53. The lowest BCUT2D eigenvalue weighted by Crippen LogP contribution is -2.45. The number of rotatable bonds is 7. The quantitative estimate of drug-likeness (QED) is 0.691. The van der Waals surface area contributed by atoms with Crippen molar-refractivity contribution in [3.63, 3.8) is 0 Å². The molecule has 0 aliphatic carbocycles. The number of nitrogens with one attached hydrogen (secondary N) is 1. The van der Waals surface area contributed by atoms with Gasteiger partial charge < -0.3 is 10.2 Å². The lowest BCUT2D eigenvalue weighted by Gasteiger charge is -2.32. The van der Waals surface area contributed by atoms with Gasteiger partial charge in [-0.3, -0.25) is 9.59 Å². The maximum Gasteiger partial charge on any atom is 0.243 e. The zero-order valence-corrected chi connectivity index (χ0v) is 19.6. The zero-order chi connectivity index (χ0) is 23.3. The summed E-state index contributed by atoms with van der Waals surface area (Å²) in [6.45, 7) is 4.65. The van der Waals surface area contributed by atoms with Gasteiger partial charge in [0, 0.05) is 31.7 Å². The van der Waals surface area contributed by atoms with Gasteiger partial charge in [0.15, 0.2) is 0 Å². The first-order valence-corrected chi connectivity index (χ1v) is 12.3. The van der Waals surface area contributed by atoms with E-state index in [0.29, 0.717) is 24.4 Å². The third-order valence-corrected chi connectivity index (χ3v) is 7.72. The van der Waals surface area contributed by atoms with Crippen LogP contribution < -0.4 is 5.32 Å². The minimum absolute atomic E-state index is 0.0472. The maximum absolute atomic E-state index is 13.0. The lowest BCUT2D eigenvalue weighted by atomic mass is 9.96. The van der Waals surface area contributed by atoms with Crippen LogP contribution in [0.3, 0.4) is 0 Å². The summed E-state index contributed by atoms with van der Waals surface area (Å²) in [5, 5.41) is 2.77. The van der Waals surface area contributed by atoms with Crippen molar-refractivity contribution in [3.05, 3.63) is 60.2 Å². The molecule has 8 heteroatoms. The smallest absolute Gasteiger partial charge is 0.243 e. The third kappa shape index (κ3) is 5.75. The van der Waals surface area contributed by atoms with Crippen molar-refractivity contribution in [3.8, 4) is 0 Å². The number of sulfonamides is 1. The van der Waals surface area contributed by atoms with E-state index in [4.69, 9.17) is 0 Å². The van der Waals surface area contributed by atoms with Crippen molar-refractivity contribution >= 4 is 27.5 Å². The van der Waals surface area contributed by atoms with Crippen LogP contribution >= 0.6 is 0 Å². The van der Waals surface area contributed by atoms with E-state index < -0.39 is 10.0 Å². The number of benzene rings is 2. The van der Waals surface area contributed by atoms with Crippen LogP contribution in [-0.2, 0) is 19.6 Å². The Hall–Kier alpha value is -2.71. The Bertz CT molecular complexity index is 1030. The number of carbonyl (C=O) groups is 2. The molecule has 1 N–H and O–H groups in total. The molecule has 1 heterocycles. The molecular formula is C24H31N3O4S. The van der Waals surface area contributed by atoms with Crippen LogP contribution in [0.4, 0.5) is 5.69 Å². The number of para-hydroxylation sites is 1. The van der Waals surface area contributed by atoms with Crippen molar-refractivity contribution < 1.29 is 18.0 Å². The Kier molecular flexibility index (Phi) is 7.69. The fourth-order valence-corrected chi connectivity index (χ4v) is 5.31. The Morgan fingerprint density at radius 1 is 1.03 bits per heavy atom. The van der Waals surface area contributed by atoms with Gasteiger partial charge in [-0.2, -0.15) is 4.31 Å². The average molecular weight is 458 g/mol. The van der Waals surface area contributed by atoms with E-state index in [9.17, 15) is 18.0 Å². The summed E-state index contributed by atoms with van der Waals surface area (Å²) in [6, 6.07) is 16.1. The van der Waals surface area contributed by atoms with E-state index in [0.717, 1.165) is 5.56 Å². The van der Waals surface area contributed by atoms with Gasteiger partial charge in [0.1, 0.15) is 0 Å². The molecule has 2 aromatic carbocycles. The first-order chi connectivity index (χ1) is 15.2. The highest BCUT2D eigenvalue weighted by Crippen LogP contribution is 2.26. The number of piperidine rings is 1. The number of hydrogen-bond acceptors (Lipinski definition) is 4. The molecule has 2 amide bonds. The summed E-state index contributed by atoms with van der Waals surface area (Å²) in [5.41, 5.74) is 1.77. The van der Waals surface area contributed by atoms with Crippen LogP contribution in [-0.4, -0.2) is 56.1 Å². The largest absolute Gasteiger partial charge is 0.336 e. The monoisotopic (exact) mass is 457 g/mol. The van der Waals surface area contributed by atoms with Crippen molar-refractivity contribution in [2.24, 2.45) is 5.92 Å². The maximum atomic E-state index is 13.0. The minimum atomic E-state index is -3.58. The highest BCUT2D eigenvalue weighted by Gasteiger charge is 2.33. The fraction of sp³-hybridized carbons (Fsp3) is 0.417. The second-order valence-corrected chi connectivity index (χ2v) is 10.4. The number of carbonyl (C=O) groups excluding carboxylic acids is 2. The molecule has 3 rings (SSSR count). The molecule has 0 bridgehead atoms. The molecule has 0 unspecified atom stereocenters. The predicted molar refractivity (Wildman–Crippen MR) is 125 cm³/mol. The van der Waals surface area contributed by atoms with Gasteiger partial charge in [0.25, 0.3) is 0 Å². The normalized spacial score (nSPS) is 15.5. The molecule has 0 saturated carbocycles. The molecule has 2 aromatic rings. The molecule has 32 heavy (non-hydrogen) atoms. The van der Waals surface area contributed by atoms with Crippen LogP contribution in [0.2, 0.25) is 0 Å². The molecule has 1 fully saturated rings. The minimum Gasteiger partial charge on any atom is -0.336 e. The first kappa shape index (κ1) is 23.9. The molecule has 0 radical (unpaired) electrons. The Labute approximate surface area is 190 Å². The summed E-state index contributed by atoms with van der Waals surface area (Å²) in [7, 11) is -1.98. The fourth-order valence-electron chi connectivity index (χ4n) is 3.84. The topological polar surface area (TPSA) is 86.8 Å². The van der Waals surface area contributed by atoms with E-state index in [1.807, 2.05) is 30.3 Å². The Morgan fingerprint density at radius 3 is 2.19 bits per heavy atom. The highest BCUT2D eigenvalue weighted by atomic mass is 32.2. The number of amides is 2. The van der Waals surface area contributed by atoms with Gasteiger partial charge >= 0.3 is 0 Å². The van der Waals surface area contributed by atoms with E-state index in [1.165, 1.54) is 9.21 Å². The van der Waals surface area contributed by atoms with Gasteiger partial charge in [-0.1, -0.05) is 44.2 Å². The van der Waals surface area contributed by atoms with E-state index >= 15 is 0 Å².